The number of hydrogen-bond acceptors (Lipinski definition) is 7. The summed E-state index contributed by atoms with van der Waals surface area (Å²) in [4.78, 5) is 11.1. The van der Waals surface area contributed by atoms with Gasteiger partial charge >= 0.3 is 0 Å². The Kier molecular flexibility index (Phi) is 6.71. The van der Waals surface area contributed by atoms with Crippen LogP contribution in [0.3, 0.4) is 0 Å². The summed E-state index contributed by atoms with van der Waals surface area (Å²) in [5.41, 5.74) is 1.31. The minimum atomic E-state index is -3.80. The van der Waals surface area contributed by atoms with Crippen LogP contribution in [0.25, 0.3) is 11.0 Å². The highest BCUT2D eigenvalue weighted by atomic mass is 32.2. The minimum Gasteiger partial charge on any atom is -0.356 e. The summed E-state index contributed by atoms with van der Waals surface area (Å²) in [5.74, 6) is 1.17. The number of fused-ring (bicyclic) bond motifs is 1. The zero-order chi connectivity index (χ0) is 24.7. The van der Waals surface area contributed by atoms with Crippen molar-refractivity contribution in [2.45, 2.75) is 44.0 Å². The number of sulfonamides is 1. The van der Waals surface area contributed by atoms with Gasteiger partial charge in [-0.05, 0) is 63.3 Å². The third kappa shape index (κ3) is 4.69. The Labute approximate surface area is 201 Å². The quantitative estimate of drug-likeness (QED) is 0.525. The molecule has 3 atom stereocenters. The average Bonchev–Trinajstić information content (AvgIpc) is 3.24. The van der Waals surface area contributed by atoms with E-state index in [9.17, 15) is 16.8 Å². The lowest BCUT2D eigenvalue weighted by Gasteiger charge is -2.40. The summed E-state index contributed by atoms with van der Waals surface area (Å²) in [6.07, 6.45) is 5.35. The molecule has 2 aromatic heterocycles. The standard InChI is InChI=1S/C23H31N5O4S2/c1-16-5-8-19(9-6-16)34(31,32)28-12-11-20-22(25-15-26-23(20)28)27(4)21-10-7-18(13-17(21)2)14-33(29,30)24-3/h5-6,8-9,11-12,15,17-18,21,24H,7,10,13-14H2,1-4H3/t17-,18+,21+/m0/s1. The molecule has 1 aliphatic rings. The lowest BCUT2D eigenvalue weighted by atomic mass is 9.79. The third-order valence-electron chi connectivity index (χ3n) is 6.84. The lowest BCUT2D eigenvalue weighted by Crippen LogP contribution is -2.43. The number of aryl methyl sites for hydroxylation is 1. The molecule has 9 nitrogen and oxygen atoms in total. The van der Waals surface area contributed by atoms with Crippen LogP contribution in [0.1, 0.15) is 31.7 Å². The molecule has 34 heavy (non-hydrogen) atoms. The molecule has 0 spiro atoms. The van der Waals surface area contributed by atoms with E-state index in [2.05, 4.69) is 26.5 Å². The van der Waals surface area contributed by atoms with Crippen LogP contribution in [0, 0.1) is 18.8 Å². The molecule has 0 saturated heterocycles. The molecule has 4 rings (SSSR count). The van der Waals surface area contributed by atoms with Crippen molar-refractivity contribution >= 4 is 36.9 Å². The number of rotatable bonds is 7. The Morgan fingerprint density at radius 3 is 2.44 bits per heavy atom. The van der Waals surface area contributed by atoms with Gasteiger partial charge in [0.2, 0.25) is 10.0 Å². The first kappa shape index (κ1) is 24.6. The van der Waals surface area contributed by atoms with Crippen molar-refractivity contribution < 1.29 is 16.8 Å². The lowest BCUT2D eigenvalue weighted by molar-refractivity contribution is 0.258. The summed E-state index contributed by atoms with van der Waals surface area (Å²) in [6.45, 7) is 4.04. The highest BCUT2D eigenvalue weighted by Gasteiger charge is 2.33. The minimum absolute atomic E-state index is 0.114. The number of hydrogen-bond donors (Lipinski definition) is 1. The Hall–Kier alpha value is -2.50. The van der Waals surface area contributed by atoms with E-state index in [1.54, 1.807) is 30.3 Å². The molecular weight excluding hydrogens is 474 g/mol. The van der Waals surface area contributed by atoms with E-state index in [0.29, 0.717) is 16.9 Å². The molecular formula is C23H31N5O4S2. The summed E-state index contributed by atoms with van der Waals surface area (Å²) in [7, 11) is -3.64. The Morgan fingerprint density at radius 2 is 1.79 bits per heavy atom. The second-order valence-electron chi connectivity index (χ2n) is 9.18. The number of anilines is 1. The number of aromatic nitrogens is 3. The molecule has 0 aliphatic heterocycles. The maximum atomic E-state index is 13.3. The van der Waals surface area contributed by atoms with Crippen molar-refractivity contribution in [1.29, 1.82) is 0 Å². The molecule has 184 valence electrons. The highest BCUT2D eigenvalue weighted by Crippen LogP contribution is 2.36. The van der Waals surface area contributed by atoms with E-state index in [1.165, 1.54) is 23.5 Å². The molecule has 2 heterocycles. The van der Waals surface area contributed by atoms with Gasteiger partial charge in [-0.3, -0.25) is 0 Å². The Morgan fingerprint density at radius 1 is 1.09 bits per heavy atom. The van der Waals surface area contributed by atoms with Crippen LogP contribution in [0.15, 0.2) is 47.8 Å². The molecule has 1 aliphatic carbocycles. The van der Waals surface area contributed by atoms with Crippen LogP contribution in [-0.2, 0) is 20.0 Å². The summed E-state index contributed by atoms with van der Waals surface area (Å²) < 4.78 is 54.1. The van der Waals surface area contributed by atoms with Gasteiger partial charge in [-0.1, -0.05) is 24.6 Å². The second-order valence-corrected chi connectivity index (χ2v) is 13.0. The van der Waals surface area contributed by atoms with E-state index in [4.69, 9.17) is 0 Å². The van der Waals surface area contributed by atoms with E-state index >= 15 is 0 Å². The molecule has 0 unspecified atom stereocenters. The second kappa shape index (κ2) is 9.27. The van der Waals surface area contributed by atoms with Gasteiger partial charge < -0.3 is 4.90 Å². The zero-order valence-corrected chi connectivity index (χ0v) is 21.5. The van der Waals surface area contributed by atoms with Crippen LogP contribution in [0.2, 0.25) is 0 Å². The van der Waals surface area contributed by atoms with Gasteiger partial charge in [-0.15, -0.1) is 0 Å². The normalized spacial score (nSPS) is 21.6. The molecule has 0 radical (unpaired) electrons. The van der Waals surface area contributed by atoms with Gasteiger partial charge in [0.25, 0.3) is 10.0 Å². The molecule has 1 saturated carbocycles. The predicted molar refractivity (Wildman–Crippen MR) is 133 cm³/mol. The number of benzene rings is 1. The van der Waals surface area contributed by atoms with Crippen LogP contribution >= 0.6 is 0 Å². The number of nitrogens with one attached hydrogen (secondary N) is 1. The molecule has 0 bridgehead atoms. The fraction of sp³-hybridized carbons (Fsp3) is 0.478. The van der Waals surface area contributed by atoms with Crippen molar-refractivity contribution in [2.75, 3.05) is 24.7 Å². The van der Waals surface area contributed by atoms with Gasteiger partial charge in [0.05, 0.1) is 16.0 Å². The smallest absolute Gasteiger partial charge is 0.269 e. The first-order valence-electron chi connectivity index (χ1n) is 11.3. The van der Waals surface area contributed by atoms with Crippen molar-refractivity contribution in [3.8, 4) is 0 Å². The highest BCUT2D eigenvalue weighted by molar-refractivity contribution is 7.90. The molecule has 3 aromatic rings. The van der Waals surface area contributed by atoms with Gasteiger partial charge in [0.1, 0.15) is 12.1 Å². The molecule has 1 fully saturated rings. The van der Waals surface area contributed by atoms with Crippen molar-refractivity contribution in [1.82, 2.24) is 18.7 Å². The average molecular weight is 506 g/mol. The summed E-state index contributed by atoms with van der Waals surface area (Å²) >= 11 is 0. The Bertz CT molecular complexity index is 1380. The van der Waals surface area contributed by atoms with Crippen LogP contribution in [0.5, 0.6) is 0 Å². The monoisotopic (exact) mass is 505 g/mol. The van der Waals surface area contributed by atoms with Crippen molar-refractivity contribution in [3.05, 3.63) is 48.4 Å². The fourth-order valence-electron chi connectivity index (χ4n) is 4.98. The van der Waals surface area contributed by atoms with Gasteiger partial charge in [-0.25, -0.2) is 35.5 Å². The number of nitrogens with zero attached hydrogens (tertiary/aromatic N) is 4. The third-order valence-corrected chi connectivity index (χ3v) is 10.0. The molecule has 1 N–H and O–H groups in total. The topological polar surface area (TPSA) is 114 Å². The van der Waals surface area contributed by atoms with Gasteiger partial charge in [0.15, 0.2) is 5.65 Å². The first-order valence-corrected chi connectivity index (χ1v) is 14.4. The van der Waals surface area contributed by atoms with E-state index in [1.807, 2.05) is 14.0 Å². The van der Waals surface area contributed by atoms with Crippen molar-refractivity contribution in [2.24, 2.45) is 11.8 Å². The van der Waals surface area contributed by atoms with Crippen LogP contribution in [-0.4, -0.2) is 56.7 Å². The van der Waals surface area contributed by atoms with Gasteiger partial charge in [-0.2, -0.15) is 0 Å². The van der Waals surface area contributed by atoms with E-state index in [-0.39, 0.29) is 28.5 Å². The Balaban J connectivity index is 1.61. The predicted octanol–water partition coefficient (Wildman–Crippen LogP) is 2.77. The maximum Gasteiger partial charge on any atom is 0.269 e. The van der Waals surface area contributed by atoms with E-state index < -0.39 is 20.0 Å². The summed E-state index contributed by atoms with van der Waals surface area (Å²) in [6, 6.07) is 8.63. The first-order chi connectivity index (χ1) is 16.0. The largest absolute Gasteiger partial charge is 0.356 e. The maximum absolute atomic E-state index is 13.3. The molecule has 0 amide bonds. The molecule has 11 heteroatoms. The molecule has 1 aromatic carbocycles. The van der Waals surface area contributed by atoms with E-state index in [0.717, 1.165) is 24.8 Å². The fourth-order valence-corrected chi connectivity index (χ4v) is 7.37. The summed E-state index contributed by atoms with van der Waals surface area (Å²) in [5, 5.41) is 0.660. The van der Waals surface area contributed by atoms with Crippen molar-refractivity contribution in [3.63, 3.8) is 0 Å². The SMILES string of the molecule is CNS(=O)(=O)C[C@@H]1CC[C@@H](N(C)c2ncnc3c2ccn3S(=O)(=O)c2ccc(C)cc2)[C@@H](C)C1. The van der Waals surface area contributed by atoms with Crippen LogP contribution < -0.4 is 9.62 Å². The van der Waals surface area contributed by atoms with Gasteiger partial charge in [0, 0.05) is 19.3 Å². The van der Waals surface area contributed by atoms with Crippen LogP contribution in [0.4, 0.5) is 5.82 Å². The zero-order valence-electron chi connectivity index (χ0n) is 19.8.